The molecule has 114 valence electrons. The number of carbonyl (C=O) groups excluding carboxylic acids is 1. The van der Waals surface area contributed by atoms with Crippen LogP contribution in [0.2, 0.25) is 0 Å². The topological polar surface area (TPSA) is 71.2 Å². The van der Waals surface area contributed by atoms with E-state index < -0.39 is 0 Å². The van der Waals surface area contributed by atoms with Crippen molar-refractivity contribution in [2.24, 2.45) is 0 Å². The highest BCUT2D eigenvalue weighted by Crippen LogP contribution is 2.35. The molecule has 0 bridgehead atoms. The number of aromatic nitrogens is 3. The highest BCUT2D eigenvalue weighted by Gasteiger charge is 2.38. The third-order valence-corrected chi connectivity index (χ3v) is 3.90. The van der Waals surface area contributed by atoms with Gasteiger partial charge in [-0.15, -0.1) is 0 Å². The lowest BCUT2D eigenvalue weighted by molar-refractivity contribution is -0.129. The molecule has 1 N–H and O–H groups in total. The zero-order valence-corrected chi connectivity index (χ0v) is 12.4. The molecule has 0 saturated heterocycles. The van der Waals surface area contributed by atoms with Crippen molar-refractivity contribution in [3.05, 3.63) is 60.1 Å². The number of aliphatic hydroxyl groups is 1. The van der Waals surface area contributed by atoms with Crippen molar-refractivity contribution in [2.75, 3.05) is 6.54 Å². The number of carbonyl (C=O) groups is 1. The van der Waals surface area contributed by atoms with Gasteiger partial charge in [0.05, 0.1) is 18.1 Å². The van der Waals surface area contributed by atoms with Crippen LogP contribution in [-0.2, 0) is 11.3 Å². The quantitative estimate of drug-likeness (QED) is 0.917. The molecular formula is C16H18N4O2. The van der Waals surface area contributed by atoms with Crippen LogP contribution in [0.3, 0.4) is 0 Å². The monoisotopic (exact) mass is 298 g/mol. The minimum atomic E-state index is -0.321. The Labute approximate surface area is 128 Å². The van der Waals surface area contributed by atoms with Gasteiger partial charge in [-0.1, -0.05) is 6.07 Å². The molecule has 1 unspecified atom stereocenters. The molecule has 6 nitrogen and oxygen atoms in total. The molecule has 1 amide bonds. The second-order valence-corrected chi connectivity index (χ2v) is 5.34. The van der Waals surface area contributed by atoms with Gasteiger partial charge in [-0.2, -0.15) is 0 Å². The molecule has 0 aromatic carbocycles. The summed E-state index contributed by atoms with van der Waals surface area (Å²) in [7, 11) is 0. The summed E-state index contributed by atoms with van der Waals surface area (Å²) in [5, 5.41) is 10.00. The fourth-order valence-corrected chi connectivity index (χ4v) is 2.78. The van der Waals surface area contributed by atoms with E-state index >= 15 is 0 Å². The van der Waals surface area contributed by atoms with E-state index in [0.29, 0.717) is 12.1 Å². The zero-order chi connectivity index (χ0) is 15.5. The Morgan fingerprint density at radius 1 is 1.27 bits per heavy atom. The maximum Gasteiger partial charge on any atom is 0.289 e. The van der Waals surface area contributed by atoms with E-state index in [0.717, 1.165) is 18.7 Å². The Balaban J connectivity index is 1.75. The van der Waals surface area contributed by atoms with Gasteiger partial charge in [-0.05, 0) is 25.5 Å². The molecule has 2 aromatic heterocycles. The van der Waals surface area contributed by atoms with Crippen LogP contribution >= 0.6 is 0 Å². The summed E-state index contributed by atoms with van der Waals surface area (Å²) < 4.78 is 1.97. The molecule has 3 rings (SSSR count). The number of hydrogen-bond acceptors (Lipinski definition) is 4. The third-order valence-electron chi connectivity index (χ3n) is 3.90. The van der Waals surface area contributed by atoms with Gasteiger partial charge < -0.3 is 14.6 Å². The normalized spacial score (nSPS) is 18.3. The Bertz CT molecular complexity index is 679. The molecule has 0 fully saturated rings. The van der Waals surface area contributed by atoms with Crippen molar-refractivity contribution in [2.45, 2.75) is 25.9 Å². The fourth-order valence-electron chi connectivity index (χ4n) is 2.78. The fraction of sp³-hybridized carbons (Fsp3) is 0.312. The van der Waals surface area contributed by atoms with E-state index in [2.05, 4.69) is 9.97 Å². The summed E-state index contributed by atoms with van der Waals surface area (Å²) in [6.07, 6.45) is 7.86. The number of aryl methyl sites for hydroxylation is 1. The number of rotatable bonds is 5. The van der Waals surface area contributed by atoms with Crippen LogP contribution in [0.5, 0.6) is 0 Å². The summed E-state index contributed by atoms with van der Waals surface area (Å²) in [6, 6.07) is 5.32. The molecule has 0 saturated carbocycles. The summed E-state index contributed by atoms with van der Waals surface area (Å²) in [5.74, 6) is -0.475. The smallest absolute Gasteiger partial charge is 0.289 e. The first-order chi connectivity index (χ1) is 10.7. The van der Waals surface area contributed by atoms with Crippen molar-refractivity contribution in [3.63, 3.8) is 0 Å². The first-order valence-corrected chi connectivity index (χ1v) is 7.26. The van der Waals surface area contributed by atoms with E-state index in [1.807, 2.05) is 29.0 Å². The van der Waals surface area contributed by atoms with Gasteiger partial charge in [0, 0.05) is 37.3 Å². The molecule has 0 spiro atoms. The highest BCUT2D eigenvalue weighted by molar-refractivity contribution is 5.95. The summed E-state index contributed by atoms with van der Waals surface area (Å²) in [5.41, 5.74) is 1.44. The largest absolute Gasteiger partial charge is 0.503 e. The van der Waals surface area contributed by atoms with Gasteiger partial charge in [-0.3, -0.25) is 9.78 Å². The average Bonchev–Trinajstić information content (AvgIpc) is 3.12. The number of pyridine rings is 1. The van der Waals surface area contributed by atoms with Gasteiger partial charge in [0.1, 0.15) is 0 Å². The van der Waals surface area contributed by atoms with E-state index in [1.165, 1.54) is 0 Å². The number of imidazole rings is 1. The Morgan fingerprint density at radius 2 is 2.14 bits per heavy atom. The molecular weight excluding hydrogens is 280 g/mol. The number of hydrogen-bond donors (Lipinski definition) is 1. The summed E-state index contributed by atoms with van der Waals surface area (Å²) >= 11 is 0. The molecule has 2 aromatic rings. The van der Waals surface area contributed by atoms with E-state index in [-0.39, 0.29) is 17.7 Å². The molecule has 0 aliphatic carbocycles. The lowest BCUT2D eigenvalue weighted by Crippen LogP contribution is -2.32. The van der Waals surface area contributed by atoms with Crippen LogP contribution in [0.25, 0.3) is 0 Å². The lowest BCUT2D eigenvalue weighted by atomic mass is 10.1. The second kappa shape index (κ2) is 6.01. The van der Waals surface area contributed by atoms with Gasteiger partial charge in [-0.25, -0.2) is 4.98 Å². The summed E-state index contributed by atoms with van der Waals surface area (Å²) in [4.78, 5) is 22.3. The first kappa shape index (κ1) is 14.3. The SMILES string of the molecule is CC1=C(O)C(=O)N(CCCn2ccnc2)C1c1ccccn1. The van der Waals surface area contributed by atoms with E-state index in [9.17, 15) is 9.90 Å². The number of amides is 1. The number of nitrogens with zero attached hydrogens (tertiary/aromatic N) is 4. The van der Waals surface area contributed by atoms with Gasteiger partial charge in [0.15, 0.2) is 5.76 Å². The van der Waals surface area contributed by atoms with Crippen molar-refractivity contribution in [1.29, 1.82) is 0 Å². The minimum absolute atomic E-state index is 0.154. The highest BCUT2D eigenvalue weighted by atomic mass is 16.3. The second-order valence-electron chi connectivity index (χ2n) is 5.34. The molecule has 3 heterocycles. The van der Waals surface area contributed by atoms with Gasteiger partial charge >= 0.3 is 0 Å². The van der Waals surface area contributed by atoms with Crippen molar-refractivity contribution >= 4 is 5.91 Å². The standard InChI is InChI=1S/C16H18N4O2/c1-12-14(13-5-2-3-6-18-13)20(16(22)15(12)21)9-4-8-19-10-7-17-11-19/h2-3,5-7,10-11,14,21H,4,8-9H2,1H3. The van der Waals surface area contributed by atoms with Crippen LogP contribution in [0.4, 0.5) is 0 Å². The maximum absolute atomic E-state index is 12.3. The number of aliphatic hydroxyl groups excluding tert-OH is 1. The van der Waals surface area contributed by atoms with Crippen LogP contribution < -0.4 is 0 Å². The van der Waals surface area contributed by atoms with Gasteiger partial charge in [0.2, 0.25) is 0 Å². The van der Waals surface area contributed by atoms with Crippen molar-refractivity contribution in [3.8, 4) is 0 Å². The van der Waals surface area contributed by atoms with Gasteiger partial charge in [0.25, 0.3) is 5.91 Å². The van der Waals surface area contributed by atoms with Crippen molar-refractivity contribution < 1.29 is 9.90 Å². The third kappa shape index (κ3) is 2.59. The molecule has 1 atom stereocenters. The van der Waals surface area contributed by atoms with E-state index in [4.69, 9.17) is 0 Å². The Kier molecular flexibility index (Phi) is 3.91. The Hall–Kier alpha value is -2.63. The minimum Gasteiger partial charge on any atom is -0.503 e. The first-order valence-electron chi connectivity index (χ1n) is 7.26. The molecule has 22 heavy (non-hydrogen) atoms. The molecule has 1 aliphatic rings. The van der Waals surface area contributed by atoms with Crippen LogP contribution in [0.1, 0.15) is 25.1 Å². The molecule has 0 radical (unpaired) electrons. The summed E-state index contributed by atoms with van der Waals surface area (Å²) in [6.45, 7) is 3.11. The Morgan fingerprint density at radius 3 is 2.82 bits per heavy atom. The molecule has 1 aliphatic heterocycles. The maximum atomic E-state index is 12.3. The van der Waals surface area contributed by atoms with Crippen LogP contribution in [0.15, 0.2) is 54.4 Å². The lowest BCUT2D eigenvalue weighted by Gasteiger charge is -2.25. The van der Waals surface area contributed by atoms with E-state index in [1.54, 1.807) is 30.5 Å². The van der Waals surface area contributed by atoms with Crippen LogP contribution in [-0.4, -0.2) is 37.0 Å². The zero-order valence-electron chi connectivity index (χ0n) is 12.4. The predicted octanol–water partition coefficient (Wildman–Crippen LogP) is 2.08. The average molecular weight is 298 g/mol. The van der Waals surface area contributed by atoms with Crippen molar-refractivity contribution in [1.82, 2.24) is 19.4 Å². The molecule has 6 heteroatoms. The predicted molar refractivity (Wildman–Crippen MR) is 80.9 cm³/mol. The van der Waals surface area contributed by atoms with Crippen LogP contribution in [0, 0.1) is 0 Å².